The number of nitrogens with one attached hydrogen (secondary N) is 18. The maximum absolute atomic E-state index is 14.3. The van der Waals surface area contributed by atoms with E-state index >= 15 is 0 Å². The molecular weight excluding hydrogens is 1770 g/mol. The lowest BCUT2D eigenvalue weighted by atomic mass is 9.95. The molecule has 1 saturated heterocycles. The average Bonchev–Trinajstić information content (AvgIpc) is 1.71. The Labute approximate surface area is 799 Å². The second-order valence-corrected chi connectivity index (χ2v) is 38.3. The molecule has 0 aliphatic carbocycles. The van der Waals surface area contributed by atoms with Gasteiger partial charge in [0.05, 0.1) is 45.4 Å². The number of carbonyl (C=O) groups is 20. The van der Waals surface area contributed by atoms with Gasteiger partial charge in [0.2, 0.25) is 118 Å². The van der Waals surface area contributed by atoms with Crippen LogP contribution in [0.3, 0.4) is 0 Å². The normalized spacial score (nSPS) is 16.3. The number of amides is 20. The highest BCUT2D eigenvalue weighted by atomic mass is 32.2. The summed E-state index contributed by atoms with van der Waals surface area (Å²) in [5, 5.41) is 56.6. The van der Waals surface area contributed by atoms with Crippen LogP contribution < -0.4 is 119 Å². The van der Waals surface area contributed by atoms with Gasteiger partial charge >= 0.3 is 0 Å². The Kier molecular flexibility index (Phi) is 58.6. The number of aliphatic hydroxyl groups excluding tert-OH is 1. The molecule has 135 heavy (non-hydrogen) atoms. The van der Waals surface area contributed by atoms with Gasteiger partial charge in [0.1, 0.15) is 84.6 Å². The fourth-order valence-corrected chi connectivity index (χ4v) is 14.8. The zero-order valence-electron chi connectivity index (χ0n) is 83.0. The first-order chi connectivity index (χ1) is 63.4. The summed E-state index contributed by atoms with van der Waals surface area (Å²) in [6.07, 6.45) is 6.48. The van der Waals surface area contributed by atoms with Crippen LogP contribution in [0.5, 0.6) is 0 Å². The summed E-state index contributed by atoms with van der Waals surface area (Å²) in [5.41, 5.74) is 23.3. The average molecular weight is 1940 g/mol. The van der Waals surface area contributed by atoms with Crippen LogP contribution >= 0.6 is 11.8 Å². The highest BCUT2D eigenvalue weighted by molar-refractivity contribution is 7.98. The summed E-state index contributed by atoms with van der Waals surface area (Å²) in [7, 11) is 0. The Morgan fingerprint density at radius 1 is 0.356 bits per heavy atom. The number of hydrogen-bond donors (Lipinski definition) is 23. The molecule has 0 unspecified atom stereocenters. The van der Waals surface area contributed by atoms with E-state index in [0.29, 0.717) is 63.7 Å². The number of carbonyl (C=O) groups excluding carboxylic acids is 20. The number of nitrogens with zero attached hydrogens (tertiary/aromatic N) is 1. The number of primary amides is 1. The summed E-state index contributed by atoms with van der Waals surface area (Å²) in [6, 6.07) is -18.2. The molecule has 1 rings (SSSR count). The molecule has 1 fully saturated rings. The van der Waals surface area contributed by atoms with E-state index in [0.717, 1.165) is 0 Å². The largest absolute Gasteiger partial charge is 0.394 e. The van der Waals surface area contributed by atoms with Crippen LogP contribution in [0, 0.1) is 53.3 Å². The van der Waals surface area contributed by atoms with Crippen LogP contribution in [0.15, 0.2) is 0 Å². The van der Waals surface area contributed by atoms with E-state index in [1.165, 1.54) is 23.6 Å². The third kappa shape index (κ3) is 46.3. The van der Waals surface area contributed by atoms with E-state index < -0.39 is 260 Å². The van der Waals surface area contributed by atoms with Crippen molar-refractivity contribution in [1.29, 1.82) is 0 Å². The molecule has 1 aliphatic heterocycles. The summed E-state index contributed by atoms with van der Waals surface area (Å²) in [4.78, 5) is 274. The second-order valence-electron chi connectivity index (χ2n) is 37.4. The molecule has 27 N–H and O–H groups in total. The molecule has 44 nitrogen and oxygen atoms in total. The number of likely N-dealkylation sites (tertiary alicyclic amines) is 1. The van der Waals surface area contributed by atoms with E-state index in [2.05, 4.69) is 95.7 Å². The van der Waals surface area contributed by atoms with Gasteiger partial charge in [0, 0.05) is 6.54 Å². The first-order valence-corrected chi connectivity index (χ1v) is 48.9. The van der Waals surface area contributed by atoms with Gasteiger partial charge in [0.15, 0.2) is 0 Å². The quantitative estimate of drug-likeness (QED) is 0.0261. The third-order valence-electron chi connectivity index (χ3n) is 23.1. The molecule has 0 spiro atoms. The number of hydrogen-bond acceptors (Lipinski definition) is 25. The maximum Gasteiger partial charge on any atom is 0.245 e. The van der Waals surface area contributed by atoms with Gasteiger partial charge in [0.25, 0.3) is 0 Å². The molecule has 0 aromatic rings. The summed E-state index contributed by atoms with van der Waals surface area (Å²) in [5.74, 6) is -17.9. The Balaban J connectivity index is 3.08. The molecule has 0 aromatic heterocycles. The van der Waals surface area contributed by atoms with Crippen molar-refractivity contribution in [2.75, 3.05) is 71.0 Å². The van der Waals surface area contributed by atoms with Crippen LogP contribution in [0.2, 0.25) is 0 Å². The smallest absolute Gasteiger partial charge is 0.245 e. The summed E-state index contributed by atoms with van der Waals surface area (Å²) < 4.78 is 0. The third-order valence-corrected chi connectivity index (χ3v) is 23.7. The molecule has 0 saturated carbocycles. The van der Waals surface area contributed by atoms with E-state index in [4.69, 9.17) is 22.9 Å². The molecule has 1 heterocycles. The Bertz CT molecular complexity index is 3880. The van der Waals surface area contributed by atoms with Crippen molar-refractivity contribution in [2.24, 2.45) is 76.2 Å². The van der Waals surface area contributed by atoms with Gasteiger partial charge in [-0.05, 0) is 169 Å². The Hall–Kier alpha value is -10.4. The molecule has 45 heteroatoms. The molecule has 20 amide bonds. The minimum absolute atomic E-state index is 0.0177. The highest BCUT2D eigenvalue weighted by Crippen LogP contribution is 2.21. The van der Waals surface area contributed by atoms with Crippen LogP contribution in [0.1, 0.15) is 234 Å². The van der Waals surface area contributed by atoms with E-state index in [1.807, 2.05) is 27.7 Å². The number of rotatable bonds is 66. The predicted molar refractivity (Wildman–Crippen MR) is 509 cm³/mol. The van der Waals surface area contributed by atoms with Crippen molar-refractivity contribution in [3.05, 3.63) is 0 Å². The van der Waals surface area contributed by atoms with E-state index in [1.54, 1.807) is 103 Å². The van der Waals surface area contributed by atoms with Crippen molar-refractivity contribution < 1.29 is 101 Å². The Morgan fingerprint density at radius 2 is 0.704 bits per heavy atom. The van der Waals surface area contributed by atoms with Crippen LogP contribution in [0.4, 0.5) is 0 Å². The van der Waals surface area contributed by atoms with Crippen molar-refractivity contribution in [3.8, 4) is 0 Å². The van der Waals surface area contributed by atoms with Gasteiger partial charge in [-0.1, -0.05) is 144 Å². The van der Waals surface area contributed by atoms with Crippen molar-refractivity contribution in [2.45, 2.75) is 325 Å². The number of nitrogens with two attached hydrogens (primary N) is 4. The number of aliphatic hydroxyl groups is 1. The molecule has 18 atom stereocenters. The fraction of sp³-hybridized carbons (Fsp3) is 0.778. The topological polar surface area (TPSA) is 685 Å². The molecular formula is C90H163N23O21S. The SMILES string of the molecule is CC[C@H](C)[C@H](N)C(=O)N[C@H](C(=O)NCC(=O)N1CCC[C@H]1C(=O)N[C@H](C(=O)N[C@@H](CC(C)C)C(=O)NCC(=O)N[C@@H](CCSC)C(=O)N[C@H](C(=O)NCC(=O)N[C@@H](CO)C(=O)N[C@@H](C)C(=O)N[C@@H](CC(C)C)C(=O)NCC(=O)NCC(=O)N[C@@H](CC(C)C)C(=O)N[C@@H](CC(C)C)C(=O)N[C@@H](CCCCN)C(=O)N[C@@H](CCCCN)C(=O)N[C@H](C(N)=O)[C@@H](C)CC)C(C)C)C(C)C)[C@@H](C)CC. The van der Waals surface area contributed by atoms with Crippen LogP contribution in [0.25, 0.3) is 0 Å². The zero-order valence-corrected chi connectivity index (χ0v) is 83.8. The zero-order chi connectivity index (χ0) is 103. The van der Waals surface area contributed by atoms with E-state index in [-0.39, 0.29) is 106 Å². The van der Waals surface area contributed by atoms with Crippen LogP contribution in [-0.4, -0.2) is 290 Å². The maximum atomic E-state index is 14.3. The van der Waals surface area contributed by atoms with Crippen molar-refractivity contribution in [3.63, 3.8) is 0 Å². The summed E-state index contributed by atoms with van der Waals surface area (Å²) >= 11 is 1.34. The number of unbranched alkanes of at least 4 members (excludes halogenated alkanes) is 2. The lowest BCUT2D eigenvalue weighted by Gasteiger charge is -2.30. The lowest BCUT2D eigenvalue weighted by Crippen LogP contribution is -2.59. The van der Waals surface area contributed by atoms with Gasteiger partial charge in [-0.15, -0.1) is 0 Å². The van der Waals surface area contributed by atoms with Crippen molar-refractivity contribution >= 4 is 130 Å². The van der Waals surface area contributed by atoms with E-state index in [9.17, 15) is 101 Å². The Morgan fingerprint density at radius 3 is 1.15 bits per heavy atom. The second kappa shape index (κ2) is 64.6. The first kappa shape index (κ1) is 123. The van der Waals surface area contributed by atoms with Gasteiger partial charge in [-0.25, -0.2) is 0 Å². The molecule has 1 aliphatic rings. The molecule has 0 aromatic carbocycles. The highest BCUT2D eigenvalue weighted by Gasteiger charge is 2.41. The predicted octanol–water partition coefficient (Wildman–Crippen LogP) is -3.67. The summed E-state index contributed by atoms with van der Waals surface area (Å²) in [6.45, 7) is 29.4. The molecule has 770 valence electrons. The van der Waals surface area contributed by atoms with Gasteiger partial charge in [-0.3, -0.25) is 95.9 Å². The van der Waals surface area contributed by atoms with Gasteiger partial charge in [-0.2, -0.15) is 11.8 Å². The lowest BCUT2D eigenvalue weighted by molar-refractivity contribution is -0.140. The van der Waals surface area contributed by atoms with Gasteiger partial charge < -0.3 is 129 Å². The fourth-order valence-electron chi connectivity index (χ4n) is 14.4. The molecule has 0 bridgehead atoms. The van der Waals surface area contributed by atoms with Crippen molar-refractivity contribution in [1.82, 2.24) is 101 Å². The molecule has 0 radical (unpaired) electrons. The minimum atomic E-state index is -1.70. The first-order valence-electron chi connectivity index (χ1n) is 47.5. The standard InChI is InChI=1S/C90H163N23O21S/c1-21-53(16)71(93)87(131)112-75(55(18)23-3)89(133)99-45-70(119)113-35-28-31-65(113)86(130)110-73(52(14)15)90(134)108-61(38-48(6)7)79(123)97-43-68(117)101-59(32-36-135-20)82(126)109-72(51(12)13)88(132)98-44-69(118)103-64(46-114)85(129)100-56(19)77(121)106-60(37-47(4)5)78(122)96-41-66(115)95-42-67(116)102-62(39-49(8)9)83(127)107-63(40-50(10)11)84(128)105-57(29-24-26-33-91)80(124)104-58(30-25-27-34-92)81(125)111-74(76(94)120)54(17)22-2/h47-65,71-75,114H,21-46,91-93H2,1-20H3,(H2,94,120)(H,95,115)(H,96,122)(H,97,123)(H,98,132)(H,99,133)(H,100,129)(H,101,117)(H,102,116)(H,103,118)(H,104,124)(H,105,128)(H,106,121)(H,107,127)(H,108,134)(H,109,126)(H,110,130)(H,111,125)(H,112,131)/t53-,54-,55-,56-,57-,58-,59-,60-,61-,62-,63-,64-,65-,71-,72-,73-,74-,75-/m0/s1. The number of thioether (sulfide) groups is 1. The minimum Gasteiger partial charge on any atom is -0.394 e. The van der Waals surface area contributed by atoms with Crippen LogP contribution in [-0.2, 0) is 95.9 Å². The monoisotopic (exact) mass is 1930 g/mol.